The van der Waals surface area contributed by atoms with Crippen LogP contribution in [0.1, 0.15) is 5.56 Å². The number of hydrogen-bond donors (Lipinski definition) is 0. The minimum absolute atomic E-state index is 0.656. The first-order valence-corrected chi connectivity index (χ1v) is 3.56. The standard InChI is InChI=1S/C9H10N2O/c1-11(12-2)9-5-3-8(7-10)4-6-9/h3-6H,1-2H3. The van der Waals surface area contributed by atoms with Gasteiger partial charge in [0, 0.05) is 7.05 Å². The summed E-state index contributed by atoms with van der Waals surface area (Å²) in [6.45, 7) is 0. The maximum absolute atomic E-state index is 8.53. The lowest BCUT2D eigenvalue weighted by molar-refractivity contribution is 0.185. The van der Waals surface area contributed by atoms with Gasteiger partial charge < -0.3 is 0 Å². The Kier molecular flexibility index (Phi) is 2.67. The van der Waals surface area contributed by atoms with Crippen molar-refractivity contribution in [3.05, 3.63) is 29.8 Å². The predicted molar refractivity (Wildman–Crippen MR) is 46.6 cm³/mol. The number of hydrogen-bond acceptors (Lipinski definition) is 3. The molecular formula is C9H10N2O. The van der Waals surface area contributed by atoms with E-state index >= 15 is 0 Å². The molecule has 0 unspecified atom stereocenters. The highest BCUT2D eigenvalue weighted by Crippen LogP contribution is 2.12. The van der Waals surface area contributed by atoms with Gasteiger partial charge in [-0.25, -0.2) is 0 Å². The van der Waals surface area contributed by atoms with Gasteiger partial charge in [-0.05, 0) is 24.3 Å². The van der Waals surface area contributed by atoms with E-state index in [-0.39, 0.29) is 0 Å². The molecule has 0 fully saturated rings. The molecule has 0 bridgehead atoms. The summed E-state index contributed by atoms with van der Waals surface area (Å²) < 4.78 is 0. The lowest BCUT2D eigenvalue weighted by Crippen LogP contribution is -2.14. The normalized spacial score (nSPS) is 9.08. The van der Waals surface area contributed by atoms with Gasteiger partial charge in [-0.3, -0.25) is 9.90 Å². The summed E-state index contributed by atoms with van der Waals surface area (Å²) in [7, 11) is 3.40. The fourth-order valence-corrected chi connectivity index (χ4v) is 0.851. The zero-order valence-corrected chi connectivity index (χ0v) is 7.11. The summed E-state index contributed by atoms with van der Waals surface area (Å²) in [6, 6.07) is 9.23. The van der Waals surface area contributed by atoms with Crippen LogP contribution in [0.3, 0.4) is 0 Å². The minimum Gasteiger partial charge on any atom is -0.277 e. The second-order valence-corrected chi connectivity index (χ2v) is 2.34. The second kappa shape index (κ2) is 3.74. The number of nitrogens with zero attached hydrogens (tertiary/aromatic N) is 2. The fourth-order valence-electron chi connectivity index (χ4n) is 0.851. The fraction of sp³-hybridized carbons (Fsp3) is 0.222. The van der Waals surface area contributed by atoms with Crippen LogP contribution >= 0.6 is 0 Å². The van der Waals surface area contributed by atoms with Gasteiger partial charge in [0.1, 0.15) is 0 Å². The topological polar surface area (TPSA) is 36.3 Å². The molecule has 3 heteroatoms. The molecule has 0 atom stereocenters. The van der Waals surface area contributed by atoms with Gasteiger partial charge in [0.15, 0.2) is 0 Å². The molecule has 3 nitrogen and oxygen atoms in total. The van der Waals surface area contributed by atoms with E-state index in [1.807, 2.05) is 12.1 Å². The lowest BCUT2D eigenvalue weighted by atomic mass is 10.2. The monoisotopic (exact) mass is 162 g/mol. The van der Waals surface area contributed by atoms with Crippen LogP contribution in [0.2, 0.25) is 0 Å². The average molecular weight is 162 g/mol. The molecule has 1 rings (SSSR count). The van der Waals surface area contributed by atoms with Gasteiger partial charge >= 0.3 is 0 Å². The zero-order chi connectivity index (χ0) is 8.97. The van der Waals surface area contributed by atoms with Crippen LogP contribution in [-0.4, -0.2) is 14.2 Å². The number of hydroxylamine groups is 1. The summed E-state index contributed by atoms with van der Waals surface area (Å²) in [4.78, 5) is 4.96. The predicted octanol–water partition coefficient (Wildman–Crippen LogP) is 1.56. The van der Waals surface area contributed by atoms with Gasteiger partial charge in [-0.2, -0.15) is 5.26 Å². The Morgan fingerprint density at radius 2 is 1.92 bits per heavy atom. The van der Waals surface area contributed by atoms with Gasteiger partial charge in [0.05, 0.1) is 24.4 Å². The van der Waals surface area contributed by atoms with Gasteiger partial charge in [-0.15, -0.1) is 0 Å². The molecular weight excluding hydrogens is 152 g/mol. The molecule has 0 aromatic heterocycles. The van der Waals surface area contributed by atoms with Crippen LogP contribution < -0.4 is 5.06 Å². The molecule has 62 valence electrons. The molecule has 0 N–H and O–H groups in total. The Morgan fingerprint density at radius 1 is 1.33 bits per heavy atom. The van der Waals surface area contributed by atoms with Gasteiger partial charge in [0.25, 0.3) is 0 Å². The number of anilines is 1. The van der Waals surface area contributed by atoms with Crippen molar-refractivity contribution in [1.82, 2.24) is 0 Å². The van der Waals surface area contributed by atoms with Crippen molar-refractivity contribution in [2.75, 3.05) is 19.2 Å². The second-order valence-electron chi connectivity index (χ2n) is 2.34. The van der Waals surface area contributed by atoms with Crippen molar-refractivity contribution < 1.29 is 4.84 Å². The third-order valence-corrected chi connectivity index (χ3v) is 1.63. The Balaban J connectivity index is 2.86. The largest absolute Gasteiger partial charge is 0.277 e. The van der Waals surface area contributed by atoms with E-state index in [1.165, 1.54) is 0 Å². The maximum Gasteiger partial charge on any atom is 0.0991 e. The molecule has 0 spiro atoms. The van der Waals surface area contributed by atoms with Crippen molar-refractivity contribution in [3.8, 4) is 6.07 Å². The van der Waals surface area contributed by atoms with Crippen LogP contribution in [0, 0.1) is 11.3 Å². The van der Waals surface area contributed by atoms with E-state index in [9.17, 15) is 0 Å². The minimum atomic E-state index is 0.656. The Morgan fingerprint density at radius 3 is 2.33 bits per heavy atom. The number of nitriles is 1. The molecule has 0 heterocycles. The van der Waals surface area contributed by atoms with E-state index in [2.05, 4.69) is 6.07 Å². The third kappa shape index (κ3) is 1.74. The highest BCUT2D eigenvalue weighted by molar-refractivity contribution is 5.47. The smallest absolute Gasteiger partial charge is 0.0991 e. The van der Waals surface area contributed by atoms with Crippen LogP contribution in [0.15, 0.2) is 24.3 Å². The maximum atomic E-state index is 8.53. The van der Waals surface area contributed by atoms with E-state index in [0.717, 1.165) is 5.69 Å². The molecule has 0 radical (unpaired) electrons. The third-order valence-electron chi connectivity index (χ3n) is 1.63. The highest BCUT2D eigenvalue weighted by atomic mass is 16.7. The summed E-state index contributed by atoms with van der Waals surface area (Å²) >= 11 is 0. The zero-order valence-electron chi connectivity index (χ0n) is 7.11. The first-order chi connectivity index (χ1) is 5.77. The van der Waals surface area contributed by atoms with Crippen molar-refractivity contribution in [3.63, 3.8) is 0 Å². The van der Waals surface area contributed by atoms with E-state index in [4.69, 9.17) is 10.1 Å². The average Bonchev–Trinajstić information content (AvgIpc) is 2.17. The SMILES string of the molecule is CON(C)c1ccc(C#N)cc1. The van der Waals surface area contributed by atoms with Gasteiger partial charge in [0.2, 0.25) is 0 Å². The van der Waals surface area contributed by atoms with E-state index in [0.29, 0.717) is 5.56 Å². The highest BCUT2D eigenvalue weighted by Gasteiger charge is 1.97. The van der Waals surface area contributed by atoms with Crippen molar-refractivity contribution in [2.45, 2.75) is 0 Å². The van der Waals surface area contributed by atoms with Crippen molar-refractivity contribution in [2.24, 2.45) is 0 Å². The summed E-state index contributed by atoms with van der Waals surface area (Å²) in [6.07, 6.45) is 0. The first-order valence-electron chi connectivity index (χ1n) is 3.56. The summed E-state index contributed by atoms with van der Waals surface area (Å²) in [5.74, 6) is 0. The Hall–Kier alpha value is -1.53. The molecule has 1 aromatic carbocycles. The summed E-state index contributed by atoms with van der Waals surface area (Å²) in [5.41, 5.74) is 1.58. The molecule has 0 aliphatic carbocycles. The Bertz CT molecular complexity index is 286. The molecule has 12 heavy (non-hydrogen) atoms. The molecule has 0 aliphatic rings. The van der Waals surface area contributed by atoms with Crippen LogP contribution in [-0.2, 0) is 4.84 Å². The van der Waals surface area contributed by atoms with Crippen molar-refractivity contribution in [1.29, 1.82) is 5.26 Å². The molecule has 0 saturated carbocycles. The Labute approximate surface area is 71.7 Å². The van der Waals surface area contributed by atoms with Crippen LogP contribution in [0.5, 0.6) is 0 Å². The first kappa shape index (κ1) is 8.57. The van der Waals surface area contributed by atoms with Crippen LogP contribution in [0.25, 0.3) is 0 Å². The number of rotatable bonds is 2. The molecule has 0 amide bonds. The lowest BCUT2D eigenvalue weighted by Gasteiger charge is -2.15. The quantitative estimate of drug-likeness (QED) is 0.619. The van der Waals surface area contributed by atoms with Crippen LogP contribution in [0.4, 0.5) is 5.69 Å². The molecule has 0 saturated heterocycles. The number of benzene rings is 1. The van der Waals surface area contributed by atoms with E-state index < -0.39 is 0 Å². The molecule has 0 aliphatic heterocycles. The van der Waals surface area contributed by atoms with E-state index in [1.54, 1.807) is 31.4 Å². The summed E-state index contributed by atoms with van der Waals surface area (Å²) in [5, 5.41) is 10.2. The van der Waals surface area contributed by atoms with Gasteiger partial charge in [-0.1, -0.05) is 0 Å². The molecule has 1 aromatic rings. The van der Waals surface area contributed by atoms with Crippen molar-refractivity contribution >= 4 is 5.69 Å².